The number of pyridine rings is 1. The second-order valence-corrected chi connectivity index (χ2v) is 6.36. The Morgan fingerprint density at radius 3 is 3.00 bits per heavy atom. The maximum absolute atomic E-state index is 4.54. The third-order valence-electron chi connectivity index (χ3n) is 4.22. The Morgan fingerprint density at radius 2 is 2.21 bits per heavy atom. The summed E-state index contributed by atoms with van der Waals surface area (Å²) in [7, 11) is 0. The van der Waals surface area contributed by atoms with Crippen LogP contribution in [0.5, 0.6) is 0 Å². The van der Waals surface area contributed by atoms with Crippen LogP contribution >= 0.6 is 15.9 Å². The van der Waals surface area contributed by atoms with E-state index >= 15 is 0 Å². The number of nitrogens with zero attached hydrogens (tertiary/aromatic N) is 1. The van der Waals surface area contributed by atoms with Gasteiger partial charge in [0.05, 0.1) is 5.52 Å². The van der Waals surface area contributed by atoms with E-state index < -0.39 is 0 Å². The molecule has 0 amide bonds. The van der Waals surface area contributed by atoms with Crippen molar-refractivity contribution in [2.24, 2.45) is 5.92 Å². The van der Waals surface area contributed by atoms with Crippen molar-refractivity contribution in [2.75, 3.05) is 0 Å². The highest BCUT2D eigenvalue weighted by molar-refractivity contribution is 9.10. The molecular weight excluding hydrogens is 300 g/mol. The fourth-order valence-electron chi connectivity index (χ4n) is 3.03. The lowest BCUT2D eigenvalue weighted by Gasteiger charge is -2.18. The number of aromatic nitrogens is 1. The summed E-state index contributed by atoms with van der Waals surface area (Å²) in [6, 6.07) is 9.07. The van der Waals surface area contributed by atoms with Gasteiger partial charge in [-0.2, -0.15) is 0 Å². The van der Waals surface area contributed by atoms with Crippen LogP contribution in [0.2, 0.25) is 0 Å². The summed E-state index contributed by atoms with van der Waals surface area (Å²) in [5, 5.41) is 4.90. The molecule has 2 unspecified atom stereocenters. The molecular formula is C16H19BrN2. The summed E-state index contributed by atoms with van der Waals surface area (Å²) in [5.74, 6) is 0.801. The first-order valence-corrected chi connectivity index (χ1v) is 7.80. The molecule has 3 rings (SSSR count). The van der Waals surface area contributed by atoms with Crippen LogP contribution in [-0.2, 0) is 6.54 Å². The molecule has 2 atom stereocenters. The zero-order valence-electron chi connectivity index (χ0n) is 11.2. The quantitative estimate of drug-likeness (QED) is 0.913. The van der Waals surface area contributed by atoms with E-state index in [4.69, 9.17) is 0 Å². The number of halogens is 1. The van der Waals surface area contributed by atoms with Crippen LogP contribution in [0.4, 0.5) is 0 Å². The first kappa shape index (κ1) is 13.1. The Balaban J connectivity index is 1.83. The van der Waals surface area contributed by atoms with E-state index in [1.54, 1.807) is 0 Å². The summed E-state index contributed by atoms with van der Waals surface area (Å²) < 4.78 is 1.12. The largest absolute Gasteiger partial charge is 0.310 e. The lowest BCUT2D eigenvalue weighted by atomic mass is 10.1. The lowest BCUT2D eigenvalue weighted by Crippen LogP contribution is -2.30. The van der Waals surface area contributed by atoms with Gasteiger partial charge in [0, 0.05) is 28.6 Å². The molecule has 1 aromatic heterocycles. The molecule has 0 bridgehead atoms. The summed E-state index contributed by atoms with van der Waals surface area (Å²) in [6.07, 6.45) is 5.90. The number of hydrogen-bond donors (Lipinski definition) is 1. The Hall–Kier alpha value is -0.930. The van der Waals surface area contributed by atoms with Gasteiger partial charge in [-0.3, -0.25) is 4.98 Å². The van der Waals surface area contributed by atoms with Crippen LogP contribution in [-0.4, -0.2) is 11.0 Å². The molecule has 1 aliphatic rings. The summed E-state index contributed by atoms with van der Waals surface area (Å²) in [4.78, 5) is 4.54. The maximum Gasteiger partial charge on any atom is 0.0758 e. The number of nitrogens with one attached hydrogen (secondary N) is 1. The monoisotopic (exact) mass is 318 g/mol. The van der Waals surface area contributed by atoms with Gasteiger partial charge in [-0.15, -0.1) is 0 Å². The topological polar surface area (TPSA) is 24.9 Å². The van der Waals surface area contributed by atoms with Crippen LogP contribution in [0.1, 0.15) is 31.7 Å². The SMILES string of the molecule is CC1CCCC1NCc1ccc(Br)c2cccnc12. The van der Waals surface area contributed by atoms with Gasteiger partial charge in [0.25, 0.3) is 0 Å². The van der Waals surface area contributed by atoms with E-state index in [1.807, 2.05) is 12.3 Å². The van der Waals surface area contributed by atoms with E-state index in [2.05, 4.69) is 51.4 Å². The Labute approximate surface area is 122 Å². The second-order valence-electron chi connectivity index (χ2n) is 5.50. The molecule has 2 aromatic rings. The summed E-state index contributed by atoms with van der Waals surface area (Å²) in [6.45, 7) is 3.26. The van der Waals surface area contributed by atoms with Crippen molar-refractivity contribution in [2.45, 2.75) is 38.8 Å². The fourth-order valence-corrected chi connectivity index (χ4v) is 3.48. The maximum atomic E-state index is 4.54. The van der Waals surface area contributed by atoms with E-state index in [0.29, 0.717) is 6.04 Å². The van der Waals surface area contributed by atoms with E-state index in [9.17, 15) is 0 Å². The highest BCUT2D eigenvalue weighted by atomic mass is 79.9. The van der Waals surface area contributed by atoms with Gasteiger partial charge in [0.1, 0.15) is 0 Å². The Bertz CT molecular complexity index is 582. The van der Waals surface area contributed by atoms with Crippen LogP contribution in [0.3, 0.4) is 0 Å². The predicted octanol–water partition coefficient (Wildman–Crippen LogP) is 4.28. The number of rotatable bonds is 3. The molecule has 0 aliphatic heterocycles. The molecule has 0 radical (unpaired) electrons. The molecule has 19 heavy (non-hydrogen) atoms. The highest BCUT2D eigenvalue weighted by Crippen LogP contribution is 2.27. The van der Waals surface area contributed by atoms with Gasteiger partial charge < -0.3 is 5.32 Å². The van der Waals surface area contributed by atoms with Crippen molar-refractivity contribution < 1.29 is 0 Å². The molecule has 3 heteroatoms. The third-order valence-corrected chi connectivity index (χ3v) is 4.91. The lowest BCUT2D eigenvalue weighted by molar-refractivity contribution is 0.426. The van der Waals surface area contributed by atoms with E-state index in [1.165, 1.54) is 30.2 Å². The van der Waals surface area contributed by atoms with Crippen molar-refractivity contribution in [3.8, 4) is 0 Å². The smallest absolute Gasteiger partial charge is 0.0758 e. The first-order valence-electron chi connectivity index (χ1n) is 7.01. The minimum atomic E-state index is 0.669. The van der Waals surface area contributed by atoms with Gasteiger partial charge in [0.2, 0.25) is 0 Å². The highest BCUT2D eigenvalue weighted by Gasteiger charge is 2.22. The summed E-state index contributed by atoms with van der Waals surface area (Å²) in [5.41, 5.74) is 2.40. The number of hydrogen-bond acceptors (Lipinski definition) is 2. The average molecular weight is 319 g/mol. The Morgan fingerprint density at radius 1 is 1.32 bits per heavy atom. The zero-order chi connectivity index (χ0) is 13.2. The Kier molecular flexibility index (Phi) is 3.85. The van der Waals surface area contributed by atoms with Crippen molar-refractivity contribution >= 4 is 26.8 Å². The molecule has 2 nitrogen and oxygen atoms in total. The zero-order valence-corrected chi connectivity index (χ0v) is 12.8. The molecule has 1 aromatic carbocycles. The van der Waals surface area contributed by atoms with Crippen LogP contribution in [0, 0.1) is 5.92 Å². The number of benzene rings is 1. The second kappa shape index (κ2) is 5.59. The fraction of sp³-hybridized carbons (Fsp3) is 0.438. The van der Waals surface area contributed by atoms with Crippen molar-refractivity contribution in [3.63, 3.8) is 0 Å². The van der Waals surface area contributed by atoms with Crippen LogP contribution in [0.25, 0.3) is 10.9 Å². The molecule has 100 valence electrons. The predicted molar refractivity (Wildman–Crippen MR) is 83.1 cm³/mol. The van der Waals surface area contributed by atoms with E-state index in [0.717, 1.165) is 22.5 Å². The van der Waals surface area contributed by atoms with Crippen LogP contribution in [0.15, 0.2) is 34.9 Å². The molecule has 1 aliphatic carbocycles. The third kappa shape index (κ3) is 2.67. The first-order chi connectivity index (χ1) is 9.25. The van der Waals surface area contributed by atoms with Gasteiger partial charge in [-0.1, -0.05) is 41.4 Å². The minimum Gasteiger partial charge on any atom is -0.310 e. The molecule has 1 N–H and O–H groups in total. The van der Waals surface area contributed by atoms with Crippen molar-refractivity contribution in [3.05, 3.63) is 40.5 Å². The van der Waals surface area contributed by atoms with Crippen molar-refractivity contribution in [1.29, 1.82) is 0 Å². The molecule has 1 heterocycles. The van der Waals surface area contributed by atoms with Crippen molar-refractivity contribution in [1.82, 2.24) is 10.3 Å². The van der Waals surface area contributed by atoms with Gasteiger partial charge in [0.15, 0.2) is 0 Å². The molecule has 1 saturated carbocycles. The average Bonchev–Trinajstić information content (AvgIpc) is 2.84. The normalized spacial score (nSPS) is 23.1. The van der Waals surface area contributed by atoms with E-state index in [-0.39, 0.29) is 0 Å². The molecule has 1 fully saturated rings. The summed E-state index contributed by atoms with van der Waals surface area (Å²) >= 11 is 3.60. The molecule has 0 spiro atoms. The van der Waals surface area contributed by atoms with Crippen LogP contribution < -0.4 is 5.32 Å². The minimum absolute atomic E-state index is 0.669. The van der Waals surface area contributed by atoms with Gasteiger partial charge in [-0.05, 0) is 36.5 Å². The number of fused-ring (bicyclic) bond motifs is 1. The van der Waals surface area contributed by atoms with Gasteiger partial charge in [-0.25, -0.2) is 0 Å². The van der Waals surface area contributed by atoms with Gasteiger partial charge >= 0.3 is 0 Å². The standard InChI is InChI=1S/C16H19BrN2/c1-11-4-2-6-15(11)19-10-12-7-8-14(17)13-5-3-9-18-16(12)13/h3,5,7-9,11,15,19H,2,4,6,10H2,1H3. The molecule has 0 saturated heterocycles.